The zero-order valence-electron chi connectivity index (χ0n) is 10.1. The molecule has 1 nitrogen and oxygen atoms in total. The molecule has 0 radical (unpaired) electrons. The van der Waals surface area contributed by atoms with Crippen molar-refractivity contribution < 1.29 is 0 Å². The third-order valence-corrected chi connectivity index (χ3v) is 5.24. The molecular formula is C13H20ClNS. The van der Waals surface area contributed by atoms with Gasteiger partial charge in [0.2, 0.25) is 0 Å². The van der Waals surface area contributed by atoms with Crippen molar-refractivity contribution in [3.8, 4) is 0 Å². The van der Waals surface area contributed by atoms with Gasteiger partial charge in [-0.2, -0.15) is 0 Å². The molecule has 1 fully saturated rings. The second-order valence-electron chi connectivity index (χ2n) is 4.95. The molecule has 0 spiro atoms. The maximum Gasteiger partial charge on any atom is 0.0931 e. The normalized spacial score (nSPS) is 30.6. The van der Waals surface area contributed by atoms with Crippen LogP contribution >= 0.6 is 22.9 Å². The second kappa shape index (κ2) is 5.50. The lowest BCUT2D eigenvalue weighted by Gasteiger charge is -2.32. The summed E-state index contributed by atoms with van der Waals surface area (Å²) in [5.41, 5.74) is 1.15. The van der Waals surface area contributed by atoms with E-state index in [-0.39, 0.29) is 0 Å². The SMILES string of the molecule is CCC1CCC(Cl)C(Cc2nc(C)cs2)C1. The maximum absolute atomic E-state index is 6.44. The second-order valence-corrected chi connectivity index (χ2v) is 6.45. The molecule has 0 saturated heterocycles. The van der Waals surface area contributed by atoms with Crippen LogP contribution in [0.3, 0.4) is 0 Å². The number of rotatable bonds is 3. The van der Waals surface area contributed by atoms with Crippen molar-refractivity contribution in [3.63, 3.8) is 0 Å². The highest BCUT2D eigenvalue weighted by molar-refractivity contribution is 7.09. The van der Waals surface area contributed by atoms with Gasteiger partial charge >= 0.3 is 0 Å². The van der Waals surface area contributed by atoms with Crippen LogP contribution in [-0.4, -0.2) is 10.4 Å². The standard InChI is InChI=1S/C13H20ClNS/c1-3-10-4-5-12(14)11(6-10)7-13-15-9(2)8-16-13/h8,10-12H,3-7H2,1-2H3. The molecule has 0 bridgehead atoms. The topological polar surface area (TPSA) is 12.9 Å². The predicted molar refractivity (Wildman–Crippen MR) is 71.3 cm³/mol. The third kappa shape index (κ3) is 2.98. The average molecular weight is 258 g/mol. The summed E-state index contributed by atoms with van der Waals surface area (Å²) in [7, 11) is 0. The maximum atomic E-state index is 6.44. The van der Waals surface area contributed by atoms with Crippen LogP contribution in [0.1, 0.15) is 43.3 Å². The molecule has 2 rings (SSSR count). The first-order chi connectivity index (χ1) is 7.69. The molecule has 0 N–H and O–H groups in total. The van der Waals surface area contributed by atoms with E-state index in [9.17, 15) is 0 Å². The van der Waals surface area contributed by atoms with Gasteiger partial charge in [-0.15, -0.1) is 22.9 Å². The van der Waals surface area contributed by atoms with Crippen LogP contribution in [0.4, 0.5) is 0 Å². The number of halogens is 1. The van der Waals surface area contributed by atoms with E-state index < -0.39 is 0 Å². The lowest BCUT2D eigenvalue weighted by Crippen LogP contribution is -2.26. The zero-order valence-corrected chi connectivity index (χ0v) is 11.7. The van der Waals surface area contributed by atoms with Crippen molar-refractivity contribution in [1.82, 2.24) is 4.98 Å². The lowest BCUT2D eigenvalue weighted by atomic mass is 9.78. The van der Waals surface area contributed by atoms with E-state index in [1.807, 2.05) is 0 Å². The Morgan fingerprint density at radius 1 is 1.50 bits per heavy atom. The molecule has 1 saturated carbocycles. The van der Waals surface area contributed by atoms with Gasteiger partial charge in [-0.05, 0) is 38.0 Å². The first-order valence-electron chi connectivity index (χ1n) is 6.24. The van der Waals surface area contributed by atoms with Crippen LogP contribution in [0.2, 0.25) is 0 Å². The molecule has 1 aromatic heterocycles. The first-order valence-corrected chi connectivity index (χ1v) is 7.55. The number of hydrogen-bond donors (Lipinski definition) is 0. The summed E-state index contributed by atoms with van der Waals surface area (Å²) in [5, 5.41) is 3.77. The molecule has 0 amide bonds. The van der Waals surface area contributed by atoms with Gasteiger partial charge in [0.05, 0.1) is 5.01 Å². The Morgan fingerprint density at radius 2 is 2.31 bits per heavy atom. The van der Waals surface area contributed by atoms with Gasteiger partial charge in [0.25, 0.3) is 0 Å². The van der Waals surface area contributed by atoms with Crippen LogP contribution in [0.5, 0.6) is 0 Å². The van der Waals surface area contributed by atoms with E-state index in [4.69, 9.17) is 11.6 Å². The van der Waals surface area contributed by atoms with Crippen molar-refractivity contribution in [2.24, 2.45) is 11.8 Å². The fraction of sp³-hybridized carbons (Fsp3) is 0.769. The van der Waals surface area contributed by atoms with Crippen molar-refractivity contribution in [3.05, 3.63) is 16.1 Å². The van der Waals surface area contributed by atoms with E-state index >= 15 is 0 Å². The molecule has 16 heavy (non-hydrogen) atoms. The Bertz CT molecular complexity index is 336. The van der Waals surface area contributed by atoms with E-state index in [1.54, 1.807) is 11.3 Å². The number of nitrogens with zero attached hydrogens (tertiary/aromatic N) is 1. The van der Waals surface area contributed by atoms with Gasteiger partial charge < -0.3 is 0 Å². The van der Waals surface area contributed by atoms with Crippen LogP contribution in [0, 0.1) is 18.8 Å². The van der Waals surface area contributed by atoms with Crippen LogP contribution in [0.15, 0.2) is 5.38 Å². The Balaban J connectivity index is 1.96. The Labute approximate surface area is 107 Å². The van der Waals surface area contributed by atoms with Crippen LogP contribution in [0.25, 0.3) is 0 Å². The van der Waals surface area contributed by atoms with E-state index in [0.29, 0.717) is 11.3 Å². The highest BCUT2D eigenvalue weighted by Gasteiger charge is 2.28. The largest absolute Gasteiger partial charge is 0.247 e. The van der Waals surface area contributed by atoms with Crippen molar-refractivity contribution in [2.75, 3.05) is 0 Å². The van der Waals surface area contributed by atoms with Gasteiger partial charge in [-0.25, -0.2) is 4.98 Å². The number of thiazole rings is 1. The smallest absolute Gasteiger partial charge is 0.0931 e. The Morgan fingerprint density at radius 3 is 2.94 bits per heavy atom. The van der Waals surface area contributed by atoms with E-state index in [1.165, 1.54) is 30.7 Å². The molecule has 1 heterocycles. The number of aromatic nitrogens is 1. The molecule has 3 unspecified atom stereocenters. The van der Waals surface area contributed by atoms with E-state index in [0.717, 1.165) is 18.0 Å². The highest BCUT2D eigenvalue weighted by atomic mass is 35.5. The van der Waals surface area contributed by atoms with Gasteiger partial charge in [0.1, 0.15) is 0 Å². The van der Waals surface area contributed by atoms with Crippen molar-refractivity contribution >= 4 is 22.9 Å². The Hall–Kier alpha value is -0.0800. The number of hydrogen-bond acceptors (Lipinski definition) is 2. The van der Waals surface area contributed by atoms with Gasteiger partial charge in [0.15, 0.2) is 0 Å². The van der Waals surface area contributed by atoms with E-state index in [2.05, 4.69) is 24.2 Å². The quantitative estimate of drug-likeness (QED) is 0.730. The van der Waals surface area contributed by atoms with Crippen LogP contribution in [-0.2, 0) is 6.42 Å². The lowest BCUT2D eigenvalue weighted by molar-refractivity contribution is 0.264. The average Bonchev–Trinajstić information content (AvgIpc) is 2.67. The zero-order chi connectivity index (χ0) is 11.5. The molecule has 1 aromatic rings. The monoisotopic (exact) mass is 257 g/mol. The van der Waals surface area contributed by atoms with Gasteiger partial charge in [-0.3, -0.25) is 0 Å². The number of alkyl halides is 1. The van der Waals surface area contributed by atoms with Gasteiger partial charge in [0, 0.05) is 22.9 Å². The third-order valence-electron chi connectivity index (χ3n) is 3.68. The summed E-state index contributed by atoms with van der Waals surface area (Å²) in [4.78, 5) is 4.55. The van der Waals surface area contributed by atoms with Crippen molar-refractivity contribution in [2.45, 2.75) is 51.3 Å². The molecule has 1 aliphatic rings. The molecule has 0 aromatic carbocycles. The summed E-state index contributed by atoms with van der Waals surface area (Å²) in [5.74, 6) is 1.53. The first kappa shape index (κ1) is 12.4. The molecule has 0 aliphatic heterocycles. The van der Waals surface area contributed by atoms with Gasteiger partial charge in [-0.1, -0.05) is 13.3 Å². The Kier molecular flexibility index (Phi) is 4.26. The summed E-state index contributed by atoms with van der Waals surface area (Å²) >= 11 is 8.22. The molecule has 1 aliphatic carbocycles. The summed E-state index contributed by atoms with van der Waals surface area (Å²) in [6.45, 7) is 4.36. The van der Waals surface area contributed by atoms with Crippen LogP contribution < -0.4 is 0 Å². The summed E-state index contributed by atoms with van der Waals surface area (Å²) < 4.78 is 0. The molecule has 3 atom stereocenters. The summed E-state index contributed by atoms with van der Waals surface area (Å²) in [6, 6.07) is 0. The summed E-state index contributed by atoms with van der Waals surface area (Å²) in [6.07, 6.45) is 6.19. The minimum atomic E-state index is 0.368. The van der Waals surface area contributed by atoms with Crippen molar-refractivity contribution in [1.29, 1.82) is 0 Å². The molecular weight excluding hydrogens is 238 g/mol. The minimum absolute atomic E-state index is 0.368. The fourth-order valence-corrected chi connectivity index (χ4v) is 3.81. The number of aryl methyl sites for hydroxylation is 1. The predicted octanol–water partition coefficient (Wildman–Crippen LogP) is 4.43. The highest BCUT2D eigenvalue weighted by Crippen LogP contribution is 2.36. The fourth-order valence-electron chi connectivity index (χ4n) is 2.63. The molecule has 90 valence electrons. The minimum Gasteiger partial charge on any atom is -0.247 e. The molecule has 3 heteroatoms.